The van der Waals surface area contributed by atoms with Crippen LogP contribution in [0.4, 0.5) is 34.1 Å². The molecule has 10 rings (SSSR count). The Morgan fingerprint density at radius 2 is 0.625 bits per heavy atom. The van der Waals surface area contributed by atoms with Crippen molar-refractivity contribution in [3.63, 3.8) is 0 Å². The maximum absolute atomic E-state index is 2.36. The van der Waals surface area contributed by atoms with E-state index in [2.05, 4.69) is 228 Å². The molecule has 56 heavy (non-hydrogen) atoms. The number of hydrogen-bond donors (Lipinski definition) is 0. The zero-order chi connectivity index (χ0) is 37.3. The largest absolute Gasteiger partial charge is 0.308 e. The number of anilines is 6. The molecule has 0 bridgehead atoms. The number of rotatable bonds is 7. The van der Waals surface area contributed by atoms with Gasteiger partial charge in [0.05, 0.1) is 22.7 Å². The average Bonchev–Trinajstić information content (AvgIpc) is 3.26. The molecular weight excluding hydrogens is 717 g/mol. The van der Waals surface area contributed by atoms with Crippen LogP contribution in [0.1, 0.15) is 22.3 Å². The van der Waals surface area contributed by atoms with Gasteiger partial charge >= 0.3 is 0 Å². The standard InChI is InChI=1S/C52H36N2S2/c1-3-11-43(12-4-1)53-45-15-7-9-17-49(45)55-51-35-39(27-33-47(51)53)21-19-37-23-29-41(30-24-37)42-31-25-38(26-32-42)20-22-40-28-34-48-52(36-40)56-50-18-10-8-16-46(50)54(48)44-13-5-2-6-14-44/h1-36H. The minimum atomic E-state index is 1.17. The Labute approximate surface area is 337 Å². The molecule has 266 valence electrons. The van der Waals surface area contributed by atoms with E-state index in [4.69, 9.17) is 0 Å². The van der Waals surface area contributed by atoms with E-state index in [9.17, 15) is 0 Å². The predicted molar refractivity (Wildman–Crippen MR) is 240 cm³/mol. The summed E-state index contributed by atoms with van der Waals surface area (Å²) in [6, 6.07) is 69.7. The molecule has 0 aliphatic carbocycles. The van der Waals surface area contributed by atoms with Gasteiger partial charge in [-0.05, 0) is 106 Å². The second-order valence-corrected chi connectivity index (χ2v) is 16.0. The Morgan fingerprint density at radius 3 is 1.05 bits per heavy atom. The van der Waals surface area contributed by atoms with E-state index in [1.54, 1.807) is 0 Å². The fourth-order valence-corrected chi connectivity index (χ4v) is 9.64. The molecule has 2 nitrogen and oxygen atoms in total. The quantitative estimate of drug-likeness (QED) is 0.150. The smallest absolute Gasteiger partial charge is 0.0602 e. The Balaban J connectivity index is 0.825. The van der Waals surface area contributed by atoms with Crippen LogP contribution < -0.4 is 9.80 Å². The predicted octanol–water partition coefficient (Wildman–Crippen LogP) is 15.6. The van der Waals surface area contributed by atoms with Gasteiger partial charge < -0.3 is 9.80 Å². The lowest BCUT2D eigenvalue weighted by atomic mass is 10.0. The van der Waals surface area contributed by atoms with Crippen LogP contribution in [0, 0.1) is 0 Å². The van der Waals surface area contributed by atoms with Gasteiger partial charge in [-0.1, -0.05) is 169 Å². The minimum Gasteiger partial charge on any atom is -0.308 e. The molecule has 0 atom stereocenters. The van der Waals surface area contributed by atoms with Crippen LogP contribution in [0.25, 0.3) is 35.4 Å². The van der Waals surface area contributed by atoms with Crippen LogP contribution in [0.2, 0.25) is 0 Å². The molecule has 8 aromatic carbocycles. The van der Waals surface area contributed by atoms with E-state index >= 15 is 0 Å². The molecule has 2 heterocycles. The van der Waals surface area contributed by atoms with E-state index in [0.29, 0.717) is 0 Å². The molecule has 2 aliphatic rings. The number of hydrogen-bond acceptors (Lipinski definition) is 4. The first-order chi connectivity index (χ1) is 27.7. The Kier molecular flexibility index (Phi) is 9.12. The van der Waals surface area contributed by atoms with Crippen molar-refractivity contribution in [1.82, 2.24) is 0 Å². The number of fused-ring (bicyclic) bond motifs is 4. The Bertz CT molecular complexity index is 2550. The summed E-state index contributed by atoms with van der Waals surface area (Å²) >= 11 is 3.68. The highest BCUT2D eigenvalue weighted by molar-refractivity contribution is 8.00. The zero-order valence-corrected chi connectivity index (χ0v) is 32.1. The average molecular weight is 753 g/mol. The van der Waals surface area contributed by atoms with Gasteiger partial charge in [0, 0.05) is 31.0 Å². The van der Waals surface area contributed by atoms with E-state index in [-0.39, 0.29) is 0 Å². The third-order valence-electron chi connectivity index (χ3n) is 10.2. The third kappa shape index (κ3) is 6.75. The normalized spacial score (nSPS) is 13.0. The van der Waals surface area contributed by atoms with Crippen LogP contribution in [0.15, 0.2) is 214 Å². The summed E-state index contributed by atoms with van der Waals surface area (Å²) < 4.78 is 0. The number of benzene rings is 8. The van der Waals surface area contributed by atoms with Crippen LogP contribution in [0.3, 0.4) is 0 Å². The van der Waals surface area contributed by atoms with Gasteiger partial charge in [-0.25, -0.2) is 0 Å². The zero-order valence-electron chi connectivity index (χ0n) is 30.5. The van der Waals surface area contributed by atoms with Crippen molar-refractivity contribution in [3.8, 4) is 11.1 Å². The van der Waals surface area contributed by atoms with Gasteiger partial charge in [-0.15, -0.1) is 0 Å². The summed E-state index contributed by atoms with van der Waals surface area (Å²) in [5.74, 6) is 0. The summed E-state index contributed by atoms with van der Waals surface area (Å²) in [5, 5.41) is 0. The molecule has 0 unspecified atom stereocenters. The molecule has 0 saturated carbocycles. The second-order valence-electron chi connectivity index (χ2n) is 13.8. The van der Waals surface area contributed by atoms with Crippen molar-refractivity contribution in [2.24, 2.45) is 0 Å². The lowest BCUT2D eigenvalue weighted by molar-refractivity contribution is 1.16. The molecule has 0 fully saturated rings. The SMILES string of the molecule is C(=Cc1ccc2c(c1)Sc1ccccc1N2c1ccccc1)c1ccc(-c2ccc(C=Cc3ccc4c(c3)Sc3ccccc3N4c3ccccc3)cc2)cc1. The second kappa shape index (κ2) is 15.0. The summed E-state index contributed by atoms with van der Waals surface area (Å²) in [6.07, 6.45) is 8.83. The summed E-state index contributed by atoms with van der Waals surface area (Å²) in [6.45, 7) is 0. The molecule has 8 aromatic rings. The fraction of sp³-hybridized carbons (Fsp3) is 0. The molecular formula is C52H36N2S2. The highest BCUT2D eigenvalue weighted by Gasteiger charge is 2.26. The van der Waals surface area contributed by atoms with Gasteiger partial charge in [0.2, 0.25) is 0 Å². The highest BCUT2D eigenvalue weighted by Crippen LogP contribution is 2.53. The monoisotopic (exact) mass is 752 g/mol. The van der Waals surface area contributed by atoms with Crippen LogP contribution in [-0.4, -0.2) is 0 Å². The molecule has 2 aliphatic heterocycles. The minimum absolute atomic E-state index is 1.17. The lowest BCUT2D eigenvalue weighted by Crippen LogP contribution is -2.14. The van der Waals surface area contributed by atoms with Crippen molar-refractivity contribution in [2.45, 2.75) is 19.6 Å². The van der Waals surface area contributed by atoms with Gasteiger partial charge in [-0.3, -0.25) is 0 Å². The van der Waals surface area contributed by atoms with Crippen LogP contribution in [-0.2, 0) is 0 Å². The van der Waals surface area contributed by atoms with Crippen molar-refractivity contribution in [3.05, 3.63) is 216 Å². The van der Waals surface area contributed by atoms with Gasteiger partial charge in [0.25, 0.3) is 0 Å². The van der Waals surface area contributed by atoms with E-state index in [1.807, 2.05) is 23.5 Å². The van der Waals surface area contributed by atoms with Crippen molar-refractivity contribution in [1.29, 1.82) is 0 Å². The number of nitrogens with zero attached hydrogens (tertiary/aromatic N) is 2. The molecule has 4 heteroatoms. The van der Waals surface area contributed by atoms with Crippen LogP contribution in [0.5, 0.6) is 0 Å². The van der Waals surface area contributed by atoms with Crippen LogP contribution >= 0.6 is 23.5 Å². The van der Waals surface area contributed by atoms with Crippen molar-refractivity contribution >= 4 is 82.0 Å². The third-order valence-corrected chi connectivity index (χ3v) is 12.4. The summed E-state index contributed by atoms with van der Waals surface area (Å²) in [4.78, 5) is 9.77. The van der Waals surface area contributed by atoms with Gasteiger partial charge in [0.15, 0.2) is 0 Å². The van der Waals surface area contributed by atoms with Crippen molar-refractivity contribution in [2.75, 3.05) is 9.80 Å². The topological polar surface area (TPSA) is 6.48 Å². The molecule has 0 N–H and O–H groups in total. The molecule has 0 saturated heterocycles. The molecule has 0 aromatic heterocycles. The molecule has 0 spiro atoms. The molecule has 0 radical (unpaired) electrons. The number of para-hydroxylation sites is 4. The fourth-order valence-electron chi connectivity index (χ4n) is 7.42. The maximum Gasteiger partial charge on any atom is 0.0602 e. The summed E-state index contributed by atoms with van der Waals surface area (Å²) in [7, 11) is 0. The van der Waals surface area contributed by atoms with E-state index < -0.39 is 0 Å². The lowest BCUT2D eigenvalue weighted by Gasteiger charge is -2.33. The summed E-state index contributed by atoms with van der Waals surface area (Å²) in [5.41, 5.74) is 14.3. The van der Waals surface area contributed by atoms with Gasteiger partial charge in [-0.2, -0.15) is 0 Å². The maximum atomic E-state index is 2.36. The highest BCUT2D eigenvalue weighted by atomic mass is 32.2. The first-order valence-electron chi connectivity index (χ1n) is 18.8. The first kappa shape index (κ1) is 34.1. The van der Waals surface area contributed by atoms with Crippen molar-refractivity contribution < 1.29 is 0 Å². The van der Waals surface area contributed by atoms with E-state index in [0.717, 1.165) is 0 Å². The molecule has 0 amide bonds. The first-order valence-corrected chi connectivity index (χ1v) is 20.5. The van der Waals surface area contributed by atoms with E-state index in [1.165, 1.54) is 87.1 Å². The van der Waals surface area contributed by atoms with Gasteiger partial charge in [0.1, 0.15) is 0 Å². The Hall–Kier alpha value is -6.46. The Morgan fingerprint density at radius 1 is 0.286 bits per heavy atom.